The first-order valence-electron chi connectivity index (χ1n) is 6.30. The van der Waals surface area contributed by atoms with Crippen LogP contribution < -0.4 is 5.56 Å². The fourth-order valence-corrected chi connectivity index (χ4v) is 2.99. The van der Waals surface area contributed by atoms with Crippen LogP contribution in [0.5, 0.6) is 0 Å². The fourth-order valence-electron chi connectivity index (χ4n) is 1.85. The van der Waals surface area contributed by atoms with Crippen LogP contribution in [0.3, 0.4) is 0 Å². The zero-order chi connectivity index (χ0) is 14.8. The van der Waals surface area contributed by atoms with E-state index in [4.69, 9.17) is 11.6 Å². The van der Waals surface area contributed by atoms with E-state index < -0.39 is 0 Å². The quantitative estimate of drug-likeness (QED) is 0.583. The smallest absolute Gasteiger partial charge is 0.254 e. The average Bonchev–Trinajstić information content (AvgIpc) is 2.86. The molecule has 3 heterocycles. The Bertz CT molecular complexity index is 845. The lowest BCUT2D eigenvalue weighted by Crippen LogP contribution is -2.10. The molecule has 0 aromatic carbocycles. The second-order valence-electron chi connectivity index (χ2n) is 4.28. The topological polar surface area (TPSA) is 88.8 Å². The number of nitrogens with one attached hydrogen (secondary N) is 1. The summed E-state index contributed by atoms with van der Waals surface area (Å²) in [5.74, 6) is 0.400. The van der Waals surface area contributed by atoms with Crippen LogP contribution in [0.4, 0.5) is 0 Å². The molecule has 3 aromatic heterocycles. The molecule has 0 aliphatic rings. The molecule has 1 N–H and O–H groups in total. The van der Waals surface area contributed by atoms with Crippen molar-refractivity contribution in [3.63, 3.8) is 0 Å². The van der Waals surface area contributed by atoms with E-state index in [2.05, 4.69) is 25.0 Å². The highest BCUT2D eigenvalue weighted by molar-refractivity contribution is 7.99. The van der Waals surface area contributed by atoms with Crippen LogP contribution in [0.15, 0.2) is 33.4 Å². The molecule has 0 saturated carbocycles. The van der Waals surface area contributed by atoms with E-state index in [1.807, 2.05) is 6.92 Å². The SMILES string of the molecule is CCCc1cc(=O)[nH]c(Sc2cc(Cl)nc3ncnn23)n1. The maximum Gasteiger partial charge on any atom is 0.254 e. The first-order chi connectivity index (χ1) is 10.2. The molecule has 0 unspecified atom stereocenters. The van der Waals surface area contributed by atoms with Crippen molar-refractivity contribution in [1.82, 2.24) is 29.5 Å². The molecule has 9 heteroatoms. The van der Waals surface area contributed by atoms with Gasteiger partial charge in [0.25, 0.3) is 11.3 Å². The number of aryl methyl sites for hydroxylation is 1. The van der Waals surface area contributed by atoms with Gasteiger partial charge >= 0.3 is 0 Å². The predicted molar refractivity (Wildman–Crippen MR) is 78.8 cm³/mol. The number of hydrogen-bond donors (Lipinski definition) is 1. The Morgan fingerprint density at radius 1 is 1.38 bits per heavy atom. The molecular weight excluding hydrogens is 312 g/mol. The Morgan fingerprint density at radius 2 is 2.24 bits per heavy atom. The highest BCUT2D eigenvalue weighted by Gasteiger charge is 2.10. The van der Waals surface area contributed by atoms with Crippen LogP contribution in [0.25, 0.3) is 5.78 Å². The van der Waals surface area contributed by atoms with E-state index in [0.29, 0.717) is 21.1 Å². The van der Waals surface area contributed by atoms with Crippen molar-refractivity contribution in [2.24, 2.45) is 0 Å². The van der Waals surface area contributed by atoms with Crippen molar-refractivity contribution in [3.8, 4) is 0 Å². The van der Waals surface area contributed by atoms with Crippen LogP contribution in [0.1, 0.15) is 19.0 Å². The van der Waals surface area contributed by atoms with Crippen molar-refractivity contribution in [2.45, 2.75) is 29.9 Å². The van der Waals surface area contributed by atoms with E-state index >= 15 is 0 Å². The van der Waals surface area contributed by atoms with Gasteiger partial charge in [-0.25, -0.2) is 4.98 Å². The number of aromatic nitrogens is 6. The molecule has 0 aliphatic carbocycles. The third kappa shape index (κ3) is 3.06. The zero-order valence-corrected chi connectivity index (χ0v) is 12.6. The van der Waals surface area contributed by atoms with Gasteiger partial charge in [0.2, 0.25) is 0 Å². The lowest BCUT2D eigenvalue weighted by molar-refractivity contribution is 0.805. The number of rotatable bonds is 4. The molecule has 3 aromatic rings. The average molecular weight is 323 g/mol. The zero-order valence-electron chi connectivity index (χ0n) is 11.1. The Balaban J connectivity index is 2.02. The van der Waals surface area contributed by atoms with Gasteiger partial charge in [-0.05, 0) is 18.2 Å². The van der Waals surface area contributed by atoms with E-state index in [0.717, 1.165) is 18.5 Å². The van der Waals surface area contributed by atoms with E-state index in [9.17, 15) is 4.79 Å². The van der Waals surface area contributed by atoms with Gasteiger partial charge in [-0.3, -0.25) is 4.79 Å². The molecule has 108 valence electrons. The Labute approximate surface area is 128 Å². The minimum Gasteiger partial charge on any atom is -0.301 e. The van der Waals surface area contributed by atoms with E-state index in [1.54, 1.807) is 10.6 Å². The van der Waals surface area contributed by atoms with Gasteiger partial charge < -0.3 is 4.98 Å². The number of fused-ring (bicyclic) bond motifs is 1. The summed E-state index contributed by atoms with van der Waals surface area (Å²) in [6.07, 6.45) is 3.08. The molecule has 0 amide bonds. The minimum atomic E-state index is -0.175. The number of aromatic amines is 1. The Kier molecular flexibility index (Phi) is 3.89. The molecule has 3 rings (SSSR count). The van der Waals surface area contributed by atoms with E-state index in [1.165, 1.54) is 24.2 Å². The normalized spacial score (nSPS) is 11.1. The molecular formula is C12H11ClN6OS. The monoisotopic (exact) mass is 322 g/mol. The Hall–Kier alpha value is -1.93. The maximum absolute atomic E-state index is 11.7. The second kappa shape index (κ2) is 5.82. The molecule has 7 nitrogen and oxygen atoms in total. The lowest BCUT2D eigenvalue weighted by atomic mass is 10.2. The number of H-pyrrole nitrogens is 1. The molecule has 21 heavy (non-hydrogen) atoms. The molecule has 0 aliphatic heterocycles. The molecule has 0 spiro atoms. The summed E-state index contributed by atoms with van der Waals surface area (Å²) in [6.45, 7) is 2.04. The highest BCUT2D eigenvalue weighted by Crippen LogP contribution is 2.25. The first kappa shape index (κ1) is 14.0. The second-order valence-corrected chi connectivity index (χ2v) is 5.68. The molecule has 0 saturated heterocycles. The van der Waals surface area contributed by atoms with Crippen LogP contribution in [0.2, 0.25) is 5.15 Å². The summed E-state index contributed by atoms with van der Waals surface area (Å²) in [7, 11) is 0. The lowest BCUT2D eigenvalue weighted by Gasteiger charge is -2.05. The third-order valence-electron chi connectivity index (χ3n) is 2.67. The standard InChI is InChI=1S/C12H11ClN6OS/c1-2-3-7-4-9(20)18-12(16-7)21-10-5-8(13)17-11-14-6-15-19(10)11/h4-6H,2-3H2,1H3,(H,16,18,20). The first-order valence-corrected chi connectivity index (χ1v) is 7.49. The van der Waals surface area contributed by atoms with Crippen molar-refractivity contribution in [1.29, 1.82) is 0 Å². The number of hydrogen-bond acceptors (Lipinski definition) is 6. The van der Waals surface area contributed by atoms with Gasteiger partial charge in [-0.15, -0.1) is 0 Å². The summed E-state index contributed by atoms with van der Waals surface area (Å²) in [5, 5.41) is 5.56. The summed E-state index contributed by atoms with van der Waals surface area (Å²) >= 11 is 7.22. The van der Waals surface area contributed by atoms with Crippen molar-refractivity contribution in [3.05, 3.63) is 39.7 Å². The van der Waals surface area contributed by atoms with Gasteiger partial charge in [0, 0.05) is 17.8 Å². The van der Waals surface area contributed by atoms with Gasteiger partial charge in [-0.1, -0.05) is 24.9 Å². The van der Waals surface area contributed by atoms with Gasteiger partial charge in [0.15, 0.2) is 5.16 Å². The fraction of sp³-hybridized carbons (Fsp3) is 0.250. The van der Waals surface area contributed by atoms with Crippen molar-refractivity contribution in [2.75, 3.05) is 0 Å². The largest absolute Gasteiger partial charge is 0.301 e. The summed E-state index contributed by atoms with van der Waals surface area (Å²) in [5.41, 5.74) is 0.588. The summed E-state index contributed by atoms with van der Waals surface area (Å²) in [6, 6.07) is 3.17. The third-order valence-corrected chi connectivity index (χ3v) is 3.75. The molecule has 0 fully saturated rings. The van der Waals surface area contributed by atoms with Crippen LogP contribution >= 0.6 is 23.4 Å². The Morgan fingerprint density at radius 3 is 3.05 bits per heavy atom. The maximum atomic E-state index is 11.7. The number of nitrogens with zero attached hydrogens (tertiary/aromatic N) is 5. The number of halogens is 1. The predicted octanol–water partition coefficient (Wildman–Crippen LogP) is 1.96. The highest BCUT2D eigenvalue weighted by atomic mass is 35.5. The molecule has 0 radical (unpaired) electrons. The van der Waals surface area contributed by atoms with Crippen molar-refractivity contribution >= 4 is 29.1 Å². The van der Waals surface area contributed by atoms with E-state index in [-0.39, 0.29) is 5.56 Å². The van der Waals surface area contributed by atoms with Gasteiger partial charge in [-0.2, -0.15) is 19.6 Å². The molecule has 0 bridgehead atoms. The van der Waals surface area contributed by atoms with Gasteiger partial charge in [0.1, 0.15) is 16.5 Å². The molecule has 0 atom stereocenters. The van der Waals surface area contributed by atoms with Gasteiger partial charge in [0.05, 0.1) is 0 Å². The summed E-state index contributed by atoms with van der Waals surface area (Å²) in [4.78, 5) is 26.8. The minimum absolute atomic E-state index is 0.175. The van der Waals surface area contributed by atoms with Crippen LogP contribution in [-0.4, -0.2) is 29.5 Å². The van der Waals surface area contributed by atoms with Crippen molar-refractivity contribution < 1.29 is 0 Å². The van der Waals surface area contributed by atoms with Crippen LogP contribution in [-0.2, 0) is 6.42 Å². The van der Waals surface area contributed by atoms with Crippen LogP contribution in [0, 0.1) is 0 Å². The summed E-state index contributed by atoms with van der Waals surface area (Å²) < 4.78 is 1.54.